The van der Waals surface area contributed by atoms with Gasteiger partial charge in [-0.25, -0.2) is 0 Å². The summed E-state index contributed by atoms with van der Waals surface area (Å²) in [7, 11) is 0. The summed E-state index contributed by atoms with van der Waals surface area (Å²) in [6.45, 7) is 3.38. The van der Waals surface area contributed by atoms with Gasteiger partial charge in [-0.2, -0.15) is 0 Å². The first-order chi connectivity index (χ1) is 4.83. The van der Waals surface area contributed by atoms with E-state index in [1.807, 2.05) is 0 Å². The van der Waals surface area contributed by atoms with E-state index in [0.717, 1.165) is 6.29 Å². The van der Waals surface area contributed by atoms with Gasteiger partial charge in [0.25, 0.3) is 0 Å². The Hall–Kier alpha value is -0.610. The van der Waals surface area contributed by atoms with Crippen LogP contribution in [-0.2, 0) is 4.79 Å². The maximum atomic E-state index is 8.81. The molecule has 0 aromatic rings. The second kappa shape index (κ2) is 474. The standard InChI is InChI=1S/C2H6O.C2H4O.2H2O2.2H2O.H2/c2*1-2-3;2*1-2;;;/h3H,2H2,1H3;2H,1H3;2*1-2H;2*1H2;1H/i;;;;;;1+1. The first kappa shape index (κ1) is 42.3. The highest BCUT2D eigenvalue weighted by Crippen LogP contribution is 1.30. The fourth-order valence-electron chi connectivity index (χ4n) is 0. The summed E-state index contributed by atoms with van der Waals surface area (Å²) in [6.07, 6.45) is 0.750. The van der Waals surface area contributed by atoms with E-state index in [0.29, 0.717) is 0 Å². The third-order valence-corrected chi connectivity index (χ3v) is 0. The lowest BCUT2D eigenvalue weighted by Gasteiger charge is -1.52. The van der Waals surface area contributed by atoms with Crippen molar-refractivity contribution in [1.29, 1.82) is 0 Å². The van der Waals surface area contributed by atoms with E-state index in [-0.39, 0.29) is 19.0 Å². The van der Waals surface area contributed by atoms with Crippen LogP contribution in [0.25, 0.3) is 0 Å². The van der Waals surface area contributed by atoms with Crippen LogP contribution in [0.1, 0.15) is 15.3 Å². The van der Waals surface area contributed by atoms with Gasteiger partial charge in [-0.3, -0.25) is 21.0 Å². The molecule has 0 aliphatic carbocycles. The highest BCUT2D eigenvalue weighted by Gasteiger charge is 1.34. The third kappa shape index (κ3) is 1780. The molecule has 0 spiro atoms. The molecule has 0 aliphatic rings. The zero-order valence-corrected chi connectivity index (χ0v) is 6.93. The van der Waals surface area contributed by atoms with E-state index >= 15 is 0 Å². The minimum Gasteiger partial charge on any atom is -0.412 e. The predicted molar refractivity (Wildman–Crippen MR) is 44.4 cm³/mol. The van der Waals surface area contributed by atoms with Gasteiger partial charge in [0, 0.05) is 8.03 Å². The summed E-state index contributed by atoms with van der Waals surface area (Å²) < 4.78 is 0. The molecular weight excluding hydrogens is 176 g/mol. The number of rotatable bonds is 0. The lowest BCUT2D eigenvalue weighted by molar-refractivity contribution is -0.176. The van der Waals surface area contributed by atoms with Crippen molar-refractivity contribution in [3.8, 4) is 0 Å². The molecule has 0 unspecified atom stereocenters. The van der Waals surface area contributed by atoms with Crippen LogP contribution in [-0.4, -0.2) is 50.0 Å². The van der Waals surface area contributed by atoms with Crippen molar-refractivity contribution >= 4 is 6.29 Å². The zero-order valence-electron chi connectivity index (χ0n) is 6.93. The Labute approximate surface area is 71.3 Å². The molecule has 0 saturated heterocycles. The monoisotopic (exact) mass is 197 g/mol. The van der Waals surface area contributed by atoms with Gasteiger partial charge in [-0.05, 0) is 13.8 Å². The van der Waals surface area contributed by atoms with Crippen LogP contribution in [0.4, 0.5) is 0 Å². The number of hydrogen-bond acceptors (Lipinski definition) is 6. The molecule has 0 fully saturated rings. The van der Waals surface area contributed by atoms with Gasteiger partial charge >= 0.3 is 0 Å². The molecule has 0 aromatic heterocycles. The minimum absolute atomic E-state index is 0. The van der Waals surface area contributed by atoms with Crippen LogP contribution in [0, 0.1) is 0 Å². The van der Waals surface area contributed by atoms with E-state index in [4.69, 9.17) is 30.9 Å². The summed E-state index contributed by atoms with van der Waals surface area (Å²) in [5, 5.41) is 31.6. The fraction of sp³-hybridized carbons (Fsp3) is 0.750. The quantitative estimate of drug-likeness (QED) is 0.185. The SMILES string of the molecule is CC=O.CCO.O.O.OO.OO.[2HH]. The maximum Gasteiger partial charge on any atom is 0.116 e. The molecule has 0 aliphatic heterocycles. The Morgan fingerprint density at radius 1 is 1.17 bits per heavy atom. The number of hydrogen-bond donors (Lipinski definition) is 5. The second-order valence-corrected chi connectivity index (χ2v) is 0.552. The molecule has 0 saturated carbocycles. The number of carbonyl (C=O) groups excluding carboxylic acids is 1. The van der Waals surface area contributed by atoms with E-state index in [1.165, 1.54) is 6.92 Å². The number of carbonyl (C=O) groups is 1. The van der Waals surface area contributed by atoms with Crippen molar-refractivity contribution in [3.63, 3.8) is 0 Å². The largest absolute Gasteiger partial charge is 0.412 e. The Morgan fingerprint density at radius 3 is 1.17 bits per heavy atom. The van der Waals surface area contributed by atoms with E-state index in [9.17, 15) is 0 Å². The predicted octanol–water partition coefficient (Wildman–Crippen LogP) is -1.16. The van der Waals surface area contributed by atoms with Gasteiger partial charge in [0.1, 0.15) is 6.29 Å². The van der Waals surface area contributed by atoms with Crippen LogP contribution in [0.5, 0.6) is 0 Å². The van der Waals surface area contributed by atoms with E-state index in [1.54, 1.807) is 6.92 Å². The molecule has 0 aromatic carbocycles. The number of aliphatic hydroxyl groups excluding tert-OH is 1. The highest BCUT2D eigenvalue weighted by atomic mass is 17.0. The second-order valence-electron chi connectivity index (χ2n) is 0.552. The average molecular weight is 197 g/mol. The topological polar surface area (TPSA) is 181 Å². The molecule has 0 heterocycles. The molecule has 0 bridgehead atoms. The lowest BCUT2D eigenvalue weighted by atomic mass is 10.9. The third-order valence-electron chi connectivity index (χ3n) is 0. The maximum absolute atomic E-state index is 8.81. The molecule has 0 rings (SSSR count). The van der Waals surface area contributed by atoms with Gasteiger partial charge in [-0.1, -0.05) is 0 Å². The smallest absolute Gasteiger partial charge is 0.116 e. The minimum atomic E-state index is 0. The van der Waals surface area contributed by atoms with Crippen molar-refractivity contribution in [3.05, 3.63) is 0 Å². The molecule has 0 radical (unpaired) electrons. The normalized spacial score (nSPS) is 3.58. The van der Waals surface area contributed by atoms with Gasteiger partial charge in [0.2, 0.25) is 0 Å². The van der Waals surface area contributed by atoms with E-state index in [2.05, 4.69) is 0 Å². The van der Waals surface area contributed by atoms with Crippen molar-refractivity contribution in [2.24, 2.45) is 0 Å². The number of aliphatic hydroxyl groups is 1. The molecule has 0 amide bonds. The molecular formula is C4H20O8. The van der Waals surface area contributed by atoms with Crippen molar-refractivity contribution in [2.45, 2.75) is 13.8 Å². The van der Waals surface area contributed by atoms with Crippen LogP contribution in [0.15, 0.2) is 0 Å². The van der Waals surface area contributed by atoms with Crippen molar-refractivity contribution in [1.82, 2.24) is 0 Å². The molecule has 0 atom stereocenters. The van der Waals surface area contributed by atoms with Crippen LogP contribution in [0.2, 0.25) is 0 Å². The van der Waals surface area contributed by atoms with Gasteiger partial charge in [0.15, 0.2) is 0 Å². The first-order valence-corrected chi connectivity index (χ1v) is 2.24. The van der Waals surface area contributed by atoms with Crippen molar-refractivity contribution < 1.29 is 43.3 Å². The van der Waals surface area contributed by atoms with Crippen LogP contribution < -0.4 is 0 Å². The van der Waals surface area contributed by atoms with E-state index < -0.39 is 0 Å². The summed E-state index contributed by atoms with van der Waals surface area (Å²) in [5.41, 5.74) is 0. The molecule has 8 heteroatoms. The summed E-state index contributed by atoms with van der Waals surface area (Å²) in [4.78, 5) is 8.81. The Morgan fingerprint density at radius 2 is 1.17 bits per heavy atom. The molecule has 12 heavy (non-hydrogen) atoms. The van der Waals surface area contributed by atoms with Crippen molar-refractivity contribution in [2.75, 3.05) is 6.61 Å². The first-order valence-electron chi connectivity index (χ1n) is 2.24. The van der Waals surface area contributed by atoms with Gasteiger partial charge < -0.3 is 20.9 Å². The summed E-state index contributed by atoms with van der Waals surface area (Å²) >= 11 is 0. The fourth-order valence-corrected chi connectivity index (χ4v) is 0. The summed E-state index contributed by atoms with van der Waals surface area (Å²) in [5.74, 6) is 0. The van der Waals surface area contributed by atoms with Crippen LogP contribution >= 0.6 is 0 Å². The lowest BCUT2D eigenvalue weighted by Crippen LogP contribution is -1.57. The van der Waals surface area contributed by atoms with Gasteiger partial charge in [0.05, 0.1) is 0 Å². The Kier molecular flexibility index (Phi) is 1670. The molecule has 84 valence electrons. The highest BCUT2D eigenvalue weighted by molar-refractivity contribution is 5.44. The average Bonchev–Trinajstić information content (AvgIpc) is 1.99. The zero-order chi connectivity index (χ0) is 9.41. The van der Waals surface area contributed by atoms with Gasteiger partial charge in [-0.15, -0.1) is 0 Å². The number of aldehydes is 1. The summed E-state index contributed by atoms with van der Waals surface area (Å²) in [6, 6.07) is 0. The molecule has 9 N–H and O–H groups in total. The molecule has 8 nitrogen and oxygen atoms in total. The Bertz CT molecular complexity index is 30.1. The Balaban J connectivity index is -0.00000000698. The van der Waals surface area contributed by atoms with Crippen LogP contribution in [0.3, 0.4) is 0 Å².